The molecule has 2 saturated carbocycles. The highest BCUT2D eigenvalue weighted by atomic mass is 19.4. The largest absolute Gasteiger partial charge is 0.391 e. The van der Waals surface area contributed by atoms with E-state index in [0.29, 0.717) is 12.5 Å². The maximum atomic E-state index is 12.9. The van der Waals surface area contributed by atoms with Crippen molar-refractivity contribution >= 4 is 0 Å². The van der Waals surface area contributed by atoms with Gasteiger partial charge in [0.1, 0.15) is 0 Å². The SMILES string of the molecule is FC(F)(F)C1CCCC(NC2CCCC2n2ccnc2)C1. The van der Waals surface area contributed by atoms with Gasteiger partial charge < -0.3 is 9.88 Å². The maximum Gasteiger partial charge on any atom is 0.391 e. The Balaban J connectivity index is 1.60. The normalized spacial score (nSPS) is 34.2. The molecule has 0 spiro atoms. The monoisotopic (exact) mass is 301 g/mol. The molecule has 1 aromatic rings. The van der Waals surface area contributed by atoms with Gasteiger partial charge in [0.05, 0.1) is 12.2 Å². The first-order chi connectivity index (χ1) is 10.0. The van der Waals surface area contributed by atoms with Crippen LogP contribution in [0.3, 0.4) is 0 Å². The lowest BCUT2D eigenvalue weighted by molar-refractivity contribution is -0.183. The number of nitrogens with one attached hydrogen (secondary N) is 1. The third-order valence-corrected chi connectivity index (χ3v) is 4.97. The average molecular weight is 301 g/mol. The second-order valence-electron chi connectivity index (χ2n) is 6.38. The molecule has 0 amide bonds. The summed E-state index contributed by atoms with van der Waals surface area (Å²) in [4.78, 5) is 4.08. The van der Waals surface area contributed by atoms with Crippen molar-refractivity contribution in [2.45, 2.75) is 69.2 Å². The van der Waals surface area contributed by atoms with E-state index in [1.165, 1.54) is 0 Å². The minimum atomic E-state index is -4.04. The molecule has 3 nitrogen and oxygen atoms in total. The summed E-state index contributed by atoms with van der Waals surface area (Å²) in [6.07, 6.45) is 6.76. The molecular weight excluding hydrogens is 279 g/mol. The summed E-state index contributed by atoms with van der Waals surface area (Å²) < 4.78 is 40.8. The summed E-state index contributed by atoms with van der Waals surface area (Å²) in [5.74, 6) is -1.13. The molecule has 1 aromatic heterocycles. The van der Waals surface area contributed by atoms with Crippen molar-refractivity contribution in [3.63, 3.8) is 0 Å². The van der Waals surface area contributed by atoms with E-state index in [0.717, 1.165) is 25.7 Å². The third kappa shape index (κ3) is 3.42. The standard InChI is InChI=1S/C15H22F3N3/c16-15(17,18)11-3-1-4-12(9-11)20-13-5-2-6-14(13)21-8-7-19-10-21/h7-8,10-14,20H,1-6,9H2. The van der Waals surface area contributed by atoms with Crippen molar-refractivity contribution in [2.24, 2.45) is 5.92 Å². The molecule has 2 aliphatic carbocycles. The molecule has 2 fully saturated rings. The molecule has 6 heteroatoms. The van der Waals surface area contributed by atoms with Crippen molar-refractivity contribution in [1.29, 1.82) is 0 Å². The van der Waals surface area contributed by atoms with Gasteiger partial charge in [-0.15, -0.1) is 0 Å². The number of rotatable bonds is 3. The van der Waals surface area contributed by atoms with Crippen molar-refractivity contribution in [1.82, 2.24) is 14.9 Å². The molecule has 21 heavy (non-hydrogen) atoms. The molecule has 4 atom stereocenters. The molecule has 0 bridgehead atoms. The number of hydrogen-bond acceptors (Lipinski definition) is 2. The van der Waals surface area contributed by atoms with E-state index < -0.39 is 12.1 Å². The Labute approximate surface area is 122 Å². The van der Waals surface area contributed by atoms with Gasteiger partial charge in [-0.1, -0.05) is 6.42 Å². The first kappa shape index (κ1) is 14.9. The summed E-state index contributed by atoms with van der Waals surface area (Å²) >= 11 is 0. The van der Waals surface area contributed by atoms with Gasteiger partial charge in [-0.3, -0.25) is 0 Å². The summed E-state index contributed by atoms with van der Waals surface area (Å²) in [5, 5.41) is 3.51. The van der Waals surface area contributed by atoms with Crippen LogP contribution in [-0.2, 0) is 0 Å². The van der Waals surface area contributed by atoms with E-state index in [-0.39, 0.29) is 24.9 Å². The number of imidazole rings is 1. The third-order valence-electron chi connectivity index (χ3n) is 4.97. The van der Waals surface area contributed by atoms with Crippen LogP contribution < -0.4 is 5.32 Å². The molecule has 0 saturated heterocycles. The Bertz CT molecular complexity index is 444. The Morgan fingerprint density at radius 3 is 2.62 bits per heavy atom. The van der Waals surface area contributed by atoms with Gasteiger partial charge in [-0.05, 0) is 38.5 Å². The van der Waals surface area contributed by atoms with Crippen molar-refractivity contribution in [3.05, 3.63) is 18.7 Å². The fourth-order valence-electron chi connectivity index (χ4n) is 3.90. The highest BCUT2D eigenvalue weighted by Crippen LogP contribution is 2.38. The Kier molecular flexibility index (Phi) is 4.24. The maximum absolute atomic E-state index is 12.9. The van der Waals surface area contributed by atoms with Crippen LogP contribution in [0.1, 0.15) is 51.0 Å². The average Bonchev–Trinajstić information content (AvgIpc) is 3.08. The van der Waals surface area contributed by atoms with Gasteiger partial charge >= 0.3 is 6.18 Å². The van der Waals surface area contributed by atoms with Crippen molar-refractivity contribution in [3.8, 4) is 0 Å². The predicted molar refractivity (Wildman–Crippen MR) is 73.8 cm³/mol. The van der Waals surface area contributed by atoms with Crippen LogP contribution in [0.2, 0.25) is 0 Å². The Morgan fingerprint density at radius 1 is 1.10 bits per heavy atom. The molecule has 2 aliphatic rings. The van der Waals surface area contributed by atoms with Gasteiger partial charge in [-0.2, -0.15) is 13.2 Å². The fourth-order valence-corrected chi connectivity index (χ4v) is 3.90. The van der Waals surface area contributed by atoms with E-state index in [2.05, 4.69) is 14.9 Å². The van der Waals surface area contributed by atoms with E-state index in [9.17, 15) is 13.2 Å². The van der Waals surface area contributed by atoms with Gasteiger partial charge in [0.25, 0.3) is 0 Å². The van der Waals surface area contributed by atoms with Crippen molar-refractivity contribution < 1.29 is 13.2 Å². The first-order valence-electron chi connectivity index (χ1n) is 7.84. The zero-order valence-electron chi connectivity index (χ0n) is 12.0. The summed E-state index contributed by atoms with van der Waals surface area (Å²) in [6.45, 7) is 0. The molecule has 1 heterocycles. The van der Waals surface area contributed by atoms with E-state index >= 15 is 0 Å². The zero-order valence-corrected chi connectivity index (χ0v) is 12.0. The number of halogens is 3. The molecule has 0 aliphatic heterocycles. The Hall–Kier alpha value is -1.04. The van der Waals surface area contributed by atoms with Gasteiger partial charge in [-0.25, -0.2) is 4.98 Å². The summed E-state index contributed by atoms with van der Waals surface area (Å²) in [5.41, 5.74) is 0. The predicted octanol–water partition coefficient (Wildman–Crippen LogP) is 3.69. The van der Waals surface area contributed by atoms with Crippen molar-refractivity contribution in [2.75, 3.05) is 0 Å². The molecule has 118 valence electrons. The second-order valence-corrected chi connectivity index (χ2v) is 6.38. The molecule has 0 radical (unpaired) electrons. The van der Waals surface area contributed by atoms with Crippen LogP contribution in [0.15, 0.2) is 18.7 Å². The minimum absolute atomic E-state index is 0.000466. The van der Waals surface area contributed by atoms with E-state index in [1.807, 2.05) is 12.5 Å². The lowest BCUT2D eigenvalue weighted by Crippen LogP contribution is -2.45. The van der Waals surface area contributed by atoms with Crippen LogP contribution in [0.25, 0.3) is 0 Å². The minimum Gasteiger partial charge on any atom is -0.333 e. The number of nitrogens with zero attached hydrogens (tertiary/aromatic N) is 2. The quantitative estimate of drug-likeness (QED) is 0.923. The van der Waals surface area contributed by atoms with Crippen LogP contribution >= 0.6 is 0 Å². The van der Waals surface area contributed by atoms with Gasteiger partial charge in [0, 0.05) is 30.5 Å². The van der Waals surface area contributed by atoms with Crippen LogP contribution in [0.5, 0.6) is 0 Å². The summed E-state index contributed by atoms with van der Waals surface area (Å²) in [6, 6.07) is 0.606. The lowest BCUT2D eigenvalue weighted by Gasteiger charge is -2.34. The fraction of sp³-hybridized carbons (Fsp3) is 0.800. The molecule has 4 unspecified atom stereocenters. The number of hydrogen-bond donors (Lipinski definition) is 1. The molecule has 3 rings (SSSR count). The zero-order chi connectivity index (χ0) is 14.9. The highest BCUT2D eigenvalue weighted by molar-refractivity contribution is 4.94. The number of aromatic nitrogens is 2. The second kappa shape index (κ2) is 5.99. The van der Waals surface area contributed by atoms with Crippen LogP contribution in [-0.4, -0.2) is 27.8 Å². The lowest BCUT2D eigenvalue weighted by atomic mass is 9.85. The Morgan fingerprint density at radius 2 is 1.90 bits per heavy atom. The molecule has 1 N–H and O–H groups in total. The smallest absolute Gasteiger partial charge is 0.333 e. The molecular formula is C15H22F3N3. The highest BCUT2D eigenvalue weighted by Gasteiger charge is 2.43. The summed E-state index contributed by atoms with van der Waals surface area (Å²) in [7, 11) is 0. The van der Waals surface area contributed by atoms with Gasteiger partial charge in [0.2, 0.25) is 0 Å². The van der Waals surface area contributed by atoms with E-state index in [1.54, 1.807) is 6.20 Å². The van der Waals surface area contributed by atoms with Crippen LogP contribution in [0, 0.1) is 5.92 Å². The van der Waals surface area contributed by atoms with E-state index in [4.69, 9.17) is 0 Å². The van der Waals surface area contributed by atoms with Crippen LogP contribution in [0.4, 0.5) is 13.2 Å². The molecule has 0 aromatic carbocycles. The first-order valence-corrected chi connectivity index (χ1v) is 7.84. The van der Waals surface area contributed by atoms with Gasteiger partial charge in [0.15, 0.2) is 0 Å². The topological polar surface area (TPSA) is 29.9 Å². The number of alkyl halides is 3.